The lowest BCUT2D eigenvalue weighted by atomic mass is 10.1. The number of hydrogen-bond acceptors (Lipinski definition) is 7. The first-order chi connectivity index (χ1) is 14.7. The van der Waals surface area contributed by atoms with E-state index in [1.807, 2.05) is 6.07 Å². The third-order valence-electron chi connectivity index (χ3n) is 5.82. The van der Waals surface area contributed by atoms with Gasteiger partial charge >= 0.3 is 0 Å². The number of piperazine rings is 1. The molecule has 30 heavy (non-hydrogen) atoms. The van der Waals surface area contributed by atoms with Crippen LogP contribution < -0.4 is 5.32 Å². The van der Waals surface area contributed by atoms with Gasteiger partial charge in [-0.3, -0.25) is 14.6 Å². The van der Waals surface area contributed by atoms with Crippen LogP contribution in [0, 0.1) is 11.3 Å². The minimum atomic E-state index is -0.0222. The van der Waals surface area contributed by atoms with Gasteiger partial charge in [0, 0.05) is 31.1 Å². The number of para-hydroxylation sites is 1. The second-order valence-corrected chi connectivity index (χ2v) is 10.1. The Balaban J connectivity index is 1.13. The fourth-order valence-electron chi connectivity index (χ4n) is 4.26. The molecule has 0 atom stereocenters. The number of benzene rings is 1. The van der Waals surface area contributed by atoms with Gasteiger partial charge in [0.05, 0.1) is 28.9 Å². The third kappa shape index (κ3) is 3.98. The summed E-state index contributed by atoms with van der Waals surface area (Å²) >= 11 is 3.34. The Morgan fingerprint density at radius 2 is 1.93 bits per heavy atom. The van der Waals surface area contributed by atoms with E-state index in [1.165, 1.54) is 9.58 Å². The summed E-state index contributed by atoms with van der Waals surface area (Å²) in [6.07, 6.45) is 3.10. The molecular formula is C22H23N5OS2. The zero-order chi connectivity index (χ0) is 20.5. The maximum atomic E-state index is 12.6. The lowest BCUT2D eigenvalue weighted by molar-refractivity contribution is -0.117. The number of carbonyl (C=O) groups excluding carboxylic acids is 1. The quantitative estimate of drug-likeness (QED) is 0.662. The first-order valence-corrected chi connectivity index (χ1v) is 12.0. The van der Waals surface area contributed by atoms with Crippen molar-refractivity contribution in [2.75, 3.05) is 38.0 Å². The second-order valence-electron chi connectivity index (χ2n) is 7.85. The normalized spacial score (nSPS) is 17.2. The number of anilines is 1. The predicted molar refractivity (Wildman–Crippen MR) is 121 cm³/mol. The highest BCUT2D eigenvalue weighted by Gasteiger charge is 2.24. The Labute approximate surface area is 183 Å². The van der Waals surface area contributed by atoms with Gasteiger partial charge < -0.3 is 5.32 Å². The molecule has 1 fully saturated rings. The number of aromatic nitrogens is 1. The summed E-state index contributed by atoms with van der Waals surface area (Å²) < 4.78 is 1.24. The van der Waals surface area contributed by atoms with Crippen LogP contribution in [-0.4, -0.2) is 53.4 Å². The standard InChI is InChI=1S/C22H23N5OS2/c23-12-16-15-4-3-7-18(15)30-22(16)25-20(28)13-26-8-10-27(11-9-26)14-21-24-17-5-1-2-6-19(17)29-21/h1-2,5-6H,3-4,7-11,13-14H2,(H,25,28). The first-order valence-electron chi connectivity index (χ1n) is 10.3. The second kappa shape index (κ2) is 8.44. The van der Waals surface area contributed by atoms with Gasteiger partial charge in [-0.2, -0.15) is 5.26 Å². The van der Waals surface area contributed by atoms with Crippen LogP contribution in [-0.2, 0) is 24.2 Å². The molecule has 1 aliphatic carbocycles. The lowest BCUT2D eigenvalue weighted by Gasteiger charge is -2.33. The largest absolute Gasteiger partial charge is 0.315 e. The number of fused-ring (bicyclic) bond motifs is 2. The smallest absolute Gasteiger partial charge is 0.239 e. The minimum absolute atomic E-state index is 0.0222. The van der Waals surface area contributed by atoms with Crippen molar-refractivity contribution < 1.29 is 4.79 Å². The summed E-state index contributed by atoms with van der Waals surface area (Å²) in [5.41, 5.74) is 2.91. The predicted octanol–water partition coefficient (Wildman–Crippen LogP) is 3.47. The number of hydrogen-bond donors (Lipinski definition) is 1. The summed E-state index contributed by atoms with van der Waals surface area (Å²) in [7, 11) is 0. The number of nitrogens with one attached hydrogen (secondary N) is 1. The van der Waals surface area contributed by atoms with Gasteiger partial charge in [0.2, 0.25) is 5.91 Å². The van der Waals surface area contributed by atoms with E-state index in [1.54, 1.807) is 22.7 Å². The average molecular weight is 438 g/mol. The van der Waals surface area contributed by atoms with Crippen LogP contribution in [0.25, 0.3) is 10.2 Å². The maximum Gasteiger partial charge on any atom is 0.239 e. The summed E-state index contributed by atoms with van der Waals surface area (Å²) in [5.74, 6) is -0.0222. The summed E-state index contributed by atoms with van der Waals surface area (Å²) in [4.78, 5) is 23.2. The first kappa shape index (κ1) is 19.6. The highest BCUT2D eigenvalue weighted by Crippen LogP contribution is 2.38. The van der Waals surface area contributed by atoms with Crippen LogP contribution >= 0.6 is 22.7 Å². The van der Waals surface area contributed by atoms with Crippen LogP contribution in [0.3, 0.4) is 0 Å². The number of nitriles is 1. The van der Waals surface area contributed by atoms with Crippen molar-refractivity contribution >= 4 is 43.8 Å². The fraction of sp³-hybridized carbons (Fsp3) is 0.409. The van der Waals surface area contributed by atoms with E-state index in [0.717, 1.165) is 73.1 Å². The van der Waals surface area contributed by atoms with Crippen LogP contribution in [0.5, 0.6) is 0 Å². The van der Waals surface area contributed by atoms with Crippen molar-refractivity contribution in [1.82, 2.24) is 14.8 Å². The molecule has 3 heterocycles. The monoisotopic (exact) mass is 437 g/mol. The van der Waals surface area contributed by atoms with Crippen molar-refractivity contribution in [3.63, 3.8) is 0 Å². The van der Waals surface area contributed by atoms with E-state index in [9.17, 15) is 10.1 Å². The number of amides is 1. The van der Waals surface area contributed by atoms with Gasteiger partial charge in [0.1, 0.15) is 16.1 Å². The van der Waals surface area contributed by atoms with Crippen molar-refractivity contribution in [2.24, 2.45) is 0 Å². The number of rotatable bonds is 5. The van der Waals surface area contributed by atoms with Gasteiger partial charge in [0.25, 0.3) is 0 Å². The fourth-order valence-corrected chi connectivity index (χ4v) is 6.53. The summed E-state index contributed by atoms with van der Waals surface area (Å²) in [6.45, 7) is 4.84. The topological polar surface area (TPSA) is 72.3 Å². The molecule has 1 aromatic carbocycles. The molecule has 0 saturated carbocycles. The summed E-state index contributed by atoms with van der Waals surface area (Å²) in [6, 6.07) is 10.6. The SMILES string of the molecule is N#Cc1c(NC(=O)CN2CCN(Cc3nc4ccccc4s3)CC2)sc2c1CCC2. The van der Waals surface area contributed by atoms with Crippen LogP contribution in [0.1, 0.15) is 27.4 Å². The van der Waals surface area contributed by atoms with Crippen LogP contribution in [0.2, 0.25) is 0 Å². The maximum absolute atomic E-state index is 12.6. The van der Waals surface area contributed by atoms with Gasteiger partial charge in [-0.15, -0.1) is 22.7 Å². The van der Waals surface area contributed by atoms with Gasteiger partial charge in [0.15, 0.2) is 0 Å². The van der Waals surface area contributed by atoms with E-state index in [-0.39, 0.29) is 5.91 Å². The molecule has 2 aliphatic rings. The Kier molecular flexibility index (Phi) is 5.52. The van der Waals surface area contributed by atoms with Crippen LogP contribution in [0.15, 0.2) is 24.3 Å². The number of nitrogens with zero attached hydrogens (tertiary/aromatic N) is 4. The Hall–Kier alpha value is -2.31. The van der Waals surface area contributed by atoms with Crippen molar-refractivity contribution in [3.8, 4) is 6.07 Å². The molecule has 1 N–H and O–H groups in total. The van der Waals surface area contributed by atoms with Crippen LogP contribution in [0.4, 0.5) is 5.00 Å². The van der Waals surface area contributed by atoms with Crippen molar-refractivity contribution in [2.45, 2.75) is 25.8 Å². The van der Waals surface area contributed by atoms with Gasteiger partial charge in [-0.1, -0.05) is 12.1 Å². The van der Waals surface area contributed by atoms with E-state index >= 15 is 0 Å². The number of carbonyl (C=O) groups is 1. The number of aryl methyl sites for hydroxylation is 1. The molecule has 0 radical (unpaired) electrons. The molecule has 1 amide bonds. The molecule has 0 bridgehead atoms. The molecule has 1 aliphatic heterocycles. The molecule has 154 valence electrons. The van der Waals surface area contributed by atoms with E-state index in [0.29, 0.717) is 12.1 Å². The summed E-state index contributed by atoms with van der Waals surface area (Å²) in [5, 5.41) is 14.4. The van der Waals surface area contributed by atoms with E-state index < -0.39 is 0 Å². The molecule has 2 aromatic heterocycles. The Morgan fingerprint density at radius 1 is 1.13 bits per heavy atom. The van der Waals surface area contributed by atoms with Gasteiger partial charge in [-0.25, -0.2) is 4.98 Å². The van der Waals surface area contributed by atoms with Gasteiger partial charge in [-0.05, 0) is 37.0 Å². The lowest BCUT2D eigenvalue weighted by Crippen LogP contribution is -2.48. The molecule has 3 aromatic rings. The zero-order valence-corrected chi connectivity index (χ0v) is 18.3. The van der Waals surface area contributed by atoms with Crippen molar-refractivity contribution in [3.05, 3.63) is 45.3 Å². The molecule has 0 unspecified atom stereocenters. The highest BCUT2D eigenvalue weighted by molar-refractivity contribution is 7.18. The highest BCUT2D eigenvalue weighted by atomic mass is 32.1. The number of thiophene rings is 1. The molecule has 5 rings (SSSR count). The minimum Gasteiger partial charge on any atom is -0.315 e. The molecular weight excluding hydrogens is 414 g/mol. The Morgan fingerprint density at radius 3 is 2.73 bits per heavy atom. The van der Waals surface area contributed by atoms with E-state index in [2.05, 4.69) is 39.4 Å². The number of thiazole rings is 1. The Bertz CT molecular complexity index is 1090. The van der Waals surface area contributed by atoms with E-state index in [4.69, 9.17) is 4.98 Å². The molecule has 6 nitrogen and oxygen atoms in total. The molecule has 0 spiro atoms. The zero-order valence-electron chi connectivity index (χ0n) is 16.7. The van der Waals surface area contributed by atoms with Crippen molar-refractivity contribution in [1.29, 1.82) is 5.26 Å². The molecule has 1 saturated heterocycles. The average Bonchev–Trinajstić information content (AvgIpc) is 3.43. The molecule has 8 heteroatoms. The third-order valence-corrected chi connectivity index (χ3v) is 8.04.